The molecule has 0 saturated heterocycles. The number of amides is 2. The lowest BCUT2D eigenvalue weighted by atomic mass is 10.0. The molecule has 5 heteroatoms. The van der Waals surface area contributed by atoms with Gasteiger partial charge in [-0.2, -0.15) is 0 Å². The van der Waals surface area contributed by atoms with E-state index >= 15 is 0 Å². The summed E-state index contributed by atoms with van der Waals surface area (Å²) in [6, 6.07) is 2.28. The van der Waals surface area contributed by atoms with Crippen molar-refractivity contribution >= 4 is 23.2 Å². The lowest BCUT2D eigenvalue weighted by molar-refractivity contribution is -0.136. The van der Waals surface area contributed by atoms with Gasteiger partial charge in [0.25, 0.3) is 0 Å². The van der Waals surface area contributed by atoms with E-state index in [1.807, 2.05) is 4.90 Å². The van der Waals surface area contributed by atoms with Crippen LogP contribution in [0.1, 0.15) is 29.7 Å². The van der Waals surface area contributed by atoms with E-state index in [9.17, 15) is 9.59 Å². The molecule has 0 aromatic carbocycles. The van der Waals surface area contributed by atoms with Gasteiger partial charge in [-0.3, -0.25) is 9.59 Å². The van der Waals surface area contributed by atoms with Gasteiger partial charge in [0.05, 0.1) is 6.54 Å². The van der Waals surface area contributed by atoms with E-state index in [0.29, 0.717) is 0 Å². The molecular weight excluding hydrogens is 284 g/mol. The summed E-state index contributed by atoms with van der Waals surface area (Å²) in [6.07, 6.45) is 4.76. The third-order valence-electron chi connectivity index (χ3n) is 4.45. The number of thiophene rings is 1. The molecule has 1 aromatic heterocycles. The largest absolute Gasteiger partial charge is 0.350 e. The molecule has 1 N–H and O–H groups in total. The van der Waals surface area contributed by atoms with E-state index in [1.165, 1.54) is 16.5 Å². The van der Waals surface area contributed by atoms with Gasteiger partial charge in [0, 0.05) is 23.4 Å². The first kappa shape index (κ1) is 14.3. The lowest BCUT2D eigenvalue weighted by Crippen LogP contribution is -2.39. The topological polar surface area (TPSA) is 49.4 Å². The summed E-state index contributed by atoms with van der Waals surface area (Å²) >= 11 is 1.74. The Bertz CT molecular complexity index is 566. The average Bonchev–Trinajstić information content (AvgIpc) is 3.14. The smallest absolute Gasteiger partial charge is 0.243 e. The number of carbonyl (C=O) groups is 2. The van der Waals surface area contributed by atoms with Crippen LogP contribution >= 0.6 is 11.3 Å². The van der Waals surface area contributed by atoms with Crippen molar-refractivity contribution in [2.45, 2.75) is 38.3 Å². The van der Waals surface area contributed by atoms with Crippen molar-refractivity contribution in [2.75, 3.05) is 6.54 Å². The van der Waals surface area contributed by atoms with Crippen LogP contribution in [-0.2, 0) is 22.6 Å². The van der Waals surface area contributed by atoms with E-state index in [4.69, 9.17) is 0 Å². The Balaban J connectivity index is 1.57. The first-order chi connectivity index (χ1) is 10.2. The molecule has 0 bridgehead atoms. The van der Waals surface area contributed by atoms with Crippen LogP contribution < -0.4 is 5.32 Å². The highest BCUT2D eigenvalue weighted by atomic mass is 32.1. The van der Waals surface area contributed by atoms with Crippen molar-refractivity contribution < 1.29 is 9.59 Å². The minimum Gasteiger partial charge on any atom is -0.350 e. The zero-order chi connectivity index (χ0) is 14.8. The Morgan fingerprint density at radius 1 is 1.43 bits per heavy atom. The second kappa shape index (κ2) is 6.02. The van der Waals surface area contributed by atoms with Crippen LogP contribution in [0.5, 0.6) is 0 Å². The Hall–Kier alpha value is -1.62. The number of fused-ring (bicyclic) bond motifs is 1. The van der Waals surface area contributed by atoms with Crippen LogP contribution in [0.15, 0.2) is 24.1 Å². The fourth-order valence-electron chi connectivity index (χ4n) is 3.28. The van der Waals surface area contributed by atoms with Crippen molar-refractivity contribution in [3.63, 3.8) is 0 Å². The van der Waals surface area contributed by atoms with Crippen molar-refractivity contribution in [2.24, 2.45) is 5.92 Å². The summed E-state index contributed by atoms with van der Waals surface area (Å²) in [7, 11) is 0. The third-order valence-corrected chi connectivity index (χ3v) is 5.40. The third kappa shape index (κ3) is 3.02. The fraction of sp³-hybridized carbons (Fsp3) is 0.500. The number of hydrogen-bond donors (Lipinski definition) is 1. The summed E-state index contributed by atoms with van der Waals surface area (Å²) < 4.78 is 0. The summed E-state index contributed by atoms with van der Waals surface area (Å²) in [5.41, 5.74) is 1.39. The summed E-state index contributed by atoms with van der Waals surface area (Å²) in [5.74, 6) is 0.167. The van der Waals surface area contributed by atoms with E-state index in [0.717, 1.165) is 38.8 Å². The molecule has 1 saturated carbocycles. The molecule has 1 fully saturated rings. The van der Waals surface area contributed by atoms with Gasteiger partial charge < -0.3 is 10.2 Å². The molecule has 2 atom stereocenters. The summed E-state index contributed by atoms with van der Waals surface area (Å²) in [4.78, 5) is 27.3. The van der Waals surface area contributed by atoms with Gasteiger partial charge in [-0.25, -0.2) is 0 Å². The number of hydrogen-bond acceptors (Lipinski definition) is 3. The van der Waals surface area contributed by atoms with E-state index in [1.54, 1.807) is 11.3 Å². The van der Waals surface area contributed by atoms with Gasteiger partial charge in [-0.1, -0.05) is 6.58 Å². The van der Waals surface area contributed by atoms with Gasteiger partial charge in [0.2, 0.25) is 11.8 Å². The van der Waals surface area contributed by atoms with Gasteiger partial charge in [0.15, 0.2) is 0 Å². The molecule has 1 aromatic rings. The number of rotatable bonds is 3. The summed E-state index contributed by atoms with van der Waals surface area (Å²) in [6.45, 7) is 5.04. The first-order valence-electron chi connectivity index (χ1n) is 7.44. The molecule has 1 aliphatic carbocycles. The molecule has 0 spiro atoms. The van der Waals surface area contributed by atoms with E-state index < -0.39 is 0 Å². The van der Waals surface area contributed by atoms with E-state index in [-0.39, 0.29) is 23.8 Å². The maximum Gasteiger partial charge on any atom is 0.243 e. The molecule has 3 rings (SSSR count). The van der Waals surface area contributed by atoms with Crippen LogP contribution in [0.25, 0.3) is 0 Å². The number of nitrogens with one attached hydrogen (secondary N) is 1. The van der Waals surface area contributed by atoms with Crippen molar-refractivity contribution in [1.82, 2.24) is 10.2 Å². The Labute approximate surface area is 128 Å². The van der Waals surface area contributed by atoms with Crippen LogP contribution in [0.2, 0.25) is 0 Å². The quantitative estimate of drug-likeness (QED) is 0.870. The second-order valence-corrected chi connectivity index (χ2v) is 6.80. The average molecular weight is 304 g/mol. The van der Waals surface area contributed by atoms with Crippen molar-refractivity contribution in [1.29, 1.82) is 0 Å². The van der Waals surface area contributed by atoms with Crippen LogP contribution in [-0.4, -0.2) is 29.3 Å². The number of carbonyl (C=O) groups excluding carboxylic acids is 2. The molecule has 0 radical (unpaired) electrons. The predicted octanol–water partition coefficient (Wildman–Crippen LogP) is 2.10. The molecule has 2 heterocycles. The molecule has 0 unspecified atom stereocenters. The molecule has 4 nitrogen and oxygen atoms in total. The molecule has 112 valence electrons. The van der Waals surface area contributed by atoms with Gasteiger partial charge >= 0.3 is 0 Å². The highest BCUT2D eigenvalue weighted by Crippen LogP contribution is 2.30. The normalized spacial score (nSPS) is 24.5. The lowest BCUT2D eigenvalue weighted by Gasteiger charge is -2.29. The molecule has 21 heavy (non-hydrogen) atoms. The molecule has 1 aliphatic heterocycles. The zero-order valence-electron chi connectivity index (χ0n) is 12.0. The van der Waals surface area contributed by atoms with Crippen LogP contribution in [0.3, 0.4) is 0 Å². The predicted molar refractivity (Wildman–Crippen MR) is 82.9 cm³/mol. The zero-order valence-corrected chi connectivity index (χ0v) is 12.8. The fourth-order valence-corrected chi connectivity index (χ4v) is 4.23. The van der Waals surface area contributed by atoms with Gasteiger partial charge in [-0.05, 0) is 48.8 Å². The van der Waals surface area contributed by atoms with Gasteiger partial charge in [0.1, 0.15) is 0 Å². The Morgan fingerprint density at radius 3 is 3.10 bits per heavy atom. The standard InChI is InChI=1S/C16H20N2O2S/c1-2-15(19)17-13-4-3-12(9-13)16(20)18-7-5-11-6-8-21-14(11)10-18/h2,6,8,12-13H,1,3-5,7,9-10H2,(H,17,19)/t12-,13-/m1/s1. The van der Waals surface area contributed by atoms with E-state index in [2.05, 4.69) is 23.3 Å². The minimum absolute atomic E-state index is 0.0571. The Morgan fingerprint density at radius 2 is 2.29 bits per heavy atom. The van der Waals surface area contributed by atoms with Gasteiger partial charge in [-0.15, -0.1) is 11.3 Å². The monoisotopic (exact) mass is 304 g/mol. The molecule has 2 aliphatic rings. The number of nitrogens with zero attached hydrogens (tertiary/aromatic N) is 1. The van der Waals surface area contributed by atoms with Crippen LogP contribution in [0.4, 0.5) is 0 Å². The highest BCUT2D eigenvalue weighted by molar-refractivity contribution is 7.10. The minimum atomic E-state index is -0.144. The SMILES string of the molecule is C=CC(=O)N[C@@H]1CC[C@@H](C(=O)N2CCc3ccsc3C2)C1. The Kier molecular flexibility index (Phi) is 4.10. The van der Waals surface area contributed by atoms with Crippen molar-refractivity contribution in [3.8, 4) is 0 Å². The molecular formula is C16H20N2O2S. The maximum absolute atomic E-state index is 12.6. The molecule has 2 amide bonds. The second-order valence-electron chi connectivity index (χ2n) is 5.80. The first-order valence-corrected chi connectivity index (χ1v) is 8.32. The van der Waals surface area contributed by atoms with Crippen molar-refractivity contribution in [3.05, 3.63) is 34.5 Å². The maximum atomic E-state index is 12.6. The highest BCUT2D eigenvalue weighted by Gasteiger charge is 2.34. The van der Waals surface area contributed by atoms with Crippen LogP contribution in [0, 0.1) is 5.92 Å². The summed E-state index contributed by atoms with van der Waals surface area (Å²) in [5, 5.41) is 5.01.